The van der Waals surface area contributed by atoms with Gasteiger partial charge >= 0.3 is 0 Å². The van der Waals surface area contributed by atoms with E-state index < -0.39 is 0 Å². The molecule has 1 aromatic rings. The Hall–Kier alpha value is -0.830. The fourth-order valence-electron chi connectivity index (χ4n) is 1.94. The summed E-state index contributed by atoms with van der Waals surface area (Å²) in [7, 11) is 1.93. The number of nitrogens with zero attached hydrogens (tertiary/aromatic N) is 2. The Balaban J connectivity index is 2.56. The predicted molar refractivity (Wildman–Crippen MR) is 70.9 cm³/mol. The molecule has 0 aliphatic carbocycles. The second-order valence-corrected chi connectivity index (χ2v) is 6.26. The van der Waals surface area contributed by atoms with Gasteiger partial charge in [0.05, 0.1) is 11.8 Å². The van der Waals surface area contributed by atoms with Crippen molar-refractivity contribution < 1.29 is 5.11 Å². The lowest BCUT2D eigenvalue weighted by Gasteiger charge is -2.29. The van der Waals surface area contributed by atoms with E-state index in [2.05, 4.69) is 32.8 Å². The van der Waals surface area contributed by atoms with Gasteiger partial charge in [-0.2, -0.15) is 5.10 Å². The molecule has 1 aromatic heterocycles. The van der Waals surface area contributed by atoms with Crippen LogP contribution in [0.4, 0.5) is 0 Å². The third-order valence-electron chi connectivity index (χ3n) is 3.65. The Bertz CT molecular complexity index is 363. The van der Waals surface area contributed by atoms with E-state index in [-0.39, 0.29) is 11.5 Å². The molecule has 0 bridgehead atoms. The topological polar surface area (TPSA) is 38.0 Å². The summed E-state index contributed by atoms with van der Waals surface area (Å²) in [5.41, 5.74) is 2.37. The zero-order valence-corrected chi connectivity index (χ0v) is 12.0. The fraction of sp³-hybridized carbons (Fsp3) is 0.786. The van der Waals surface area contributed by atoms with Crippen LogP contribution in [0.2, 0.25) is 0 Å². The first-order chi connectivity index (χ1) is 7.70. The first kappa shape index (κ1) is 14.2. The highest BCUT2D eigenvalue weighted by Crippen LogP contribution is 2.29. The molecule has 0 aliphatic rings. The Morgan fingerprint density at radius 2 is 2.00 bits per heavy atom. The molecular weight excluding hydrogens is 212 g/mol. The van der Waals surface area contributed by atoms with Crippen LogP contribution in [0.25, 0.3) is 0 Å². The summed E-state index contributed by atoms with van der Waals surface area (Å²) < 4.78 is 1.86. The molecule has 1 rings (SSSR count). The lowest BCUT2D eigenvalue weighted by molar-refractivity contribution is 0.109. The van der Waals surface area contributed by atoms with Crippen molar-refractivity contribution in [2.75, 3.05) is 0 Å². The van der Waals surface area contributed by atoms with Crippen molar-refractivity contribution in [3.8, 4) is 0 Å². The average Bonchev–Trinajstić information content (AvgIpc) is 2.43. The van der Waals surface area contributed by atoms with Crippen molar-refractivity contribution in [3.05, 3.63) is 17.5 Å². The highest BCUT2D eigenvalue weighted by Gasteiger charge is 2.23. The van der Waals surface area contributed by atoms with Crippen LogP contribution in [-0.2, 0) is 13.5 Å². The monoisotopic (exact) mass is 238 g/mol. The van der Waals surface area contributed by atoms with Crippen molar-refractivity contribution in [2.45, 2.75) is 53.6 Å². The van der Waals surface area contributed by atoms with E-state index in [1.807, 2.05) is 24.7 Å². The summed E-state index contributed by atoms with van der Waals surface area (Å²) in [6.07, 6.45) is 1.25. The van der Waals surface area contributed by atoms with Gasteiger partial charge in [-0.3, -0.25) is 4.68 Å². The fourth-order valence-corrected chi connectivity index (χ4v) is 1.94. The van der Waals surface area contributed by atoms with Crippen LogP contribution in [-0.4, -0.2) is 21.0 Å². The highest BCUT2D eigenvalue weighted by molar-refractivity contribution is 5.09. The first-order valence-electron chi connectivity index (χ1n) is 6.37. The van der Waals surface area contributed by atoms with Gasteiger partial charge < -0.3 is 5.11 Å². The molecule has 0 spiro atoms. The highest BCUT2D eigenvalue weighted by atomic mass is 16.3. The van der Waals surface area contributed by atoms with Gasteiger partial charge in [0.25, 0.3) is 0 Å². The van der Waals surface area contributed by atoms with Crippen LogP contribution in [0.1, 0.15) is 45.5 Å². The summed E-state index contributed by atoms with van der Waals surface area (Å²) in [6, 6.07) is 2.05. The Kier molecular flexibility index (Phi) is 4.36. The van der Waals surface area contributed by atoms with E-state index in [0.717, 1.165) is 17.8 Å². The average molecular weight is 238 g/mol. The van der Waals surface area contributed by atoms with Crippen molar-refractivity contribution in [1.29, 1.82) is 0 Å². The lowest BCUT2D eigenvalue weighted by atomic mass is 9.78. The van der Waals surface area contributed by atoms with Crippen molar-refractivity contribution in [1.82, 2.24) is 9.78 Å². The summed E-state index contributed by atoms with van der Waals surface area (Å²) in [6.45, 7) is 10.8. The van der Waals surface area contributed by atoms with E-state index in [1.165, 1.54) is 0 Å². The standard InChI is InChI=1S/C14H26N2O/c1-10(14(3,4)5)7-13(17)9-12-8-11(2)15-16(12)6/h8,10,13,17H,7,9H2,1-6H3. The molecule has 0 fully saturated rings. The SMILES string of the molecule is Cc1cc(CC(O)CC(C)C(C)(C)C)n(C)n1. The van der Waals surface area contributed by atoms with Crippen LogP contribution < -0.4 is 0 Å². The number of aliphatic hydroxyl groups excluding tert-OH is 1. The third-order valence-corrected chi connectivity index (χ3v) is 3.65. The maximum absolute atomic E-state index is 10.1. The lowest BCUT2D eigenvalue weighted by Crippen LogP contribution is -2.24. The maximum atomic E-state index is 10.1. The molecule has 0 amide bonds. The van der Waals surface area contributed by atoms with Crippen LogP contribution in [0.3, 0.4) is 0 Å². The maximum Gasteiger partial charge on any atom is 0.0598 e. The van der Waals surface area contributed by atoms with Crippen molar-refractivity contribution in [2.24, 2.45) is 18.4 Å². The molecule has 0 saturated heterocycles. The summed E-state index contributed by atoms with van der Waals surface area (Å²) in [5, 5.41) is 14.4. The second kappa shape index (κ2) is 5.21. The number of aryl methyl sites for hydroxylation is 2. The quantitative estimate of drug-likeness (QED) is 0.876. The molecule has 0 aromatic carbocycles. The minimum Gasteiger partial charge on any atom is -0.393 e. The molecule has 98 valence electrons. The van der Waals surface area contributed by atoms with E-state index in [9.17, 15) is 5.11 Å². The molecule has 0 aliphatic heterocycles. The van der Waals surface area contributed by atoms with E-state index in [4.69, 9.17) is 0 Å². The number of hydrogen-bond donors (Lipinski definition) is 1. The van der Waals surface area contributed by atoms with E-state index >= 15 is 0 Å². The minimum atomic E-state index is -0.279. The van der Waals surface area contributed by atoms with Gasteiger partial charge in [-0.1, -0.05) is 27.7 Å². The van der Waals surface area contributed by atoms with Gasteiger partial charge in [-0.05, 0) is 30.7 Å². The number of rotatable bonds is 4. The van der Waals surface area contributed by atoms with Gasteiger partial charge in [-0.25, -0.2) is 0 Å². The van der Waals surface area contributed by atoms with Gasteiger partial charge in [-0.15, -0.1) is 0 Å². The van der Waals surface area contributed by atoms with E-state index in [0.29, 0.717) is 12.3 Å². The second-order valence-electron chi connectivity index (χ2n) is 6.26. The van der Waals surface area contributed by atoms with Gasteiger partial charge in [0.15, 0.2) is 0 Å². The number of aromatic nitrogens is 2. The molecule has 2 atom stereocenters. The van der Waals surface area contributed by atoms with Crippen molar-refractivity contribution in [3.63, 3.8) is 0 Å². The Morgan fingerprint density at radius 3 is 2.41 bits per heavy atom. The molecule has 0 saturated carbocycles. The molecule has 17 heavy (non-hydrogen) atoms. The van der Waals surface area contributed by atoms with Crippen LogP contribution in [0.5, 0.6) is 0 Å². The minimum absolute atomic E-state index is 0.253. The van der Waals surface area contributed by atoms with Crippen LogP contribution >= 0.6 is 0 Å². The smallest absolute Gasteiger partial charge is 0.0598 e. The van der Waals surface area contributed by atoms with Crippen LogP contribution in [0, 0.1) is 18.3 Å². The largest absolute Gasteiger partial charge is 0.393 e. The molecule has 0 radical (unpaired) electrons. The molecule has 1 N–H and O–H groups in total. The predicted octanol–water partition coefficient (Wildman–Crippen LogP) is 2.70. The van der Waals surface area contributed by atoms with Crippen molar-refractivity contribution >= 4 is 0 Å². The summed E-state index contributed by atoms with van der Waals surface area (Å²) in [4.78, 5) is 0. The third kappa shape index (κ3) is 4.15. The van der Waals surface area contributed by atoms with Gasteiger partial charge in [0, 0.05) is 19.2 Å². The molecule has 3 heteroatoms. The summed E-state index contributed by atoms with van der Waals surface area (Å²) >= 11 is 0. The molecular formula is C14H26N2O. The number of hydrogen-bond acceptors (Lipinski definition) is 2. The molecule has 3 nitrogen and oxygen atoms in total. The Morgan fingerprint density at radius 1 is 1.41 bits per heavy atom. The molecule has 1 heterocycles. The molecule has 2 unspecified atom stereocenters. The van der Waals surface area contributed by atoms with Crippen LogP contribution in [0.15, 0.2) is 6.07 Å². The summed E-state index contributed by atoms with van der Waals surface area (Å²) in [5.74, 6) is 0.506. The Labute approximate surface area is 105 Å². The zero-order valence-electron chi connectivity index (χ0n) is 12.0. The zero-order chi connectivity index (χ0) is 13.2. The van der Waals surface area contributed by atoms with Gasteiger partial charge in [0.2, 0.25) is 0 Å². The normalized spacial score (nSPS) is 15.9. The van der Waals surface area contributed by atoms with Gasteiger partial charge in [0.1, 0.15) is 0 Å². The first-order valence-corrected chi connectivity index (χ1v) is 6.37. The van der Waals surface area contributed by atoms with E-state index in [1.54, 1.807) is 0 Å². The number of aliphatic hydroxyl groups is 1.